The summed E-state index contributed by atoms with van der Waals surface area (Å²) < 4.78 is 1.65. The zero-order chi connectivity index (χ0) is 20.2. The van der Waals surface area contributed by atoms with Crippen LogP contribution in [0.5, 0.6) is 0 Å². The molecule has 0 spiro atoms. The standard InChI is InChI=1S/C23H26N4O2/c1-17-9-14-26(15-10-18-6-3-2-4-7-18)22(28)20(17)23(29)27-13-5-8-19(16-27)21-24-11-12-25-21/h2-4,6-7,9,11-12,14,19H,5,8,10,13,15-16H2,1H3,(H,24,25). The van der Waals surface area contributed by atoms with Crippen molar-refractivity contribution in [3.05, 3.63) is 87.9 Å². The SMILES string of the molecule is Cc1ccn(CCc2ccccc2)c(=O)c1C(=O)N1CCCC(c2ncc[nH]2)C1. The van der Waals surface area contributed by atoms with E-state index in [2.05, 4.69) is 9.97 Å². The molecule has 6 heteroatoms. The van der Waals surface area contributed by atoms with Crippen molar-refractivity contribution >= 4 is 5.91 Å². The van der Waals surface area contributed by atoms with Crippen molar-refractivity contribution in [1.82, 2.24) is 19.4 Å². The van der Waals surface area contributed by atoms with E-state index in [1.807, 2.05) is 54.4 Å². The highest BCUT2D eigenvalue weighted by Crippen LogP contribution is 2.25. The maximum absolute atomic E-state index is 13.3. The Balaban J connectivity index is 1.54. The first-order chi connectivity index (χ1) is 14.1. The van der Waals surface area contributed by atoms with Crippen LogP contribution in [-0.4, -0.2) is 38.4 Å². The number of amides is 1. The molecule has 0 radical (unpaired) electrons. The number of likely N-dealkylation sites (tertiary alicyclic amines) is 1. The summed E-state index contributed by atoms with van der Waals surface area (Å²) in [5.74, 6) is 0.928. The average molecular weight is 390 g/mol. The summed E-state index contributed by atoms with van der Waals surface area (Å²) in [7, 11) is 0. The third kappa shape index (κ3) is 4.16. The normalized spacial score (nSPS) is 16.7. The minimum Gasteiger partial charge on any atom is -0.348 e. The lowest BCUT2D eigenvalue weighted by Crippen LogP contribution is -2.42. The number of carbonyl (C=O) groups excluding carboxylic acids is 1. The van der Waals surface area contributed by atoms with Crippen LogP contribution in [0.25, 0.3) is 0 Å². The Hall–Kier alpha value is -3.15. The Morgan fingerprint density at radius 3 is 2.83 bits per heavy atom. The van der Waals surface area contributed by atoms with Gasteiger partial charge in [-0.05, 0) is 43.4 Å². The number of imidazole rings is 1. The highest BCUT2D eigenvalue weighted by Gasteiger charge is 2.29. The van der Waals surface area contributed by atoms with Crippen molar-refractivity contribution in [2.24, 2.45) is 0 Å². The zero-order valence-electron chi connectivity index (χ0n) is 16.7. The lowest BCUT2D eigenvalue weighted by Gasteiger charge is -2.32. The third-order valence-corrected chi connectivity index (χ3v) is 5.69. The lowest BCUT2D eigenvalue weighted by molar-refractivity contribution is 0.0701. The number of hydrogen-bond acceptors (Lipinski definition) is 3. The van der Waals surface area contributed by atoms with Crippen molar-refractivity contribution in [1.29, 1.82) is 0 Å². The highest BCUT2D eigenvalue weighted by atomic mass is 16.2. The van der Waals surface area contributed by atoms with E-state index < -0.39 is 0 Å². The average Bonchev–Trinajstić information content (AvgIpc) is 3.29. The van der Waals surface area contributed by atoms with Crippen molar-refractivity contribution in [3.63, 3.8) is 0 Å². The minimum absolute atomic E-state index is 0.169. The number of benzene rings is 1. The van der Waals surface area contributed by atoms with Gasteiger partial charge in [-0.15, -0.1) is 0 Å². The van der Waals surface area contributed by atoms with Gasteiger partial charge >= 0.3 is 0 Å². The Kier molecular flexibility index (Phi) is 5.60. The fourth-order valence-corrected chi connectivity index (χ4v) is 4.04. The van der Waals surface area contributed by atoms with Crippen molar-refractivity contribution in [2.75, 3.05) is 13.1 Å². The van der Waals surface area contributed by atoms with Gasteiger partial charge in [-0.25, -0.2) is 4.98 Å². The number of rotatable bonds is 5. The van der Waals surface area contributed by atoms with E-state index in [1.54, 1.807) is 17.0 Å². The van der Waals surface area contributed by atoms with Crippen LogP contribution in [0.1, 0.15) is 46.1 Å². The van der Waals surface area contributed by atoms with Crippen molar-refractivity contribution in [3.8, 4) is 0 Å². The van der Waals surface area contributed by atoms with Crippen LogP contribution in [0.3, 0.4) is 0 Å². The fourth-order valence-electron chi connectivity index (χ4n) is 4.04. The number of hydrogen-bond donors (Lipinski definition) is 1. The van der Waals surface area contributed by atoms with Crippen LogP contribution in [0, 0.1) is 6.92 Å². The van der Waals surface area contributed by atoms with Crippen LogP contribution in [0.2, 0.25) is 0 Å². The molecule has 0 bridgehead atoms. The molecule has 3 heterocycles. The molecule has 1 saturated heterocycles. The van der Waals surface area contributed by atoms with Gasteiger partial charge in [0.15, 0.2) is 0 Å². The van der Waals surface area contributed by atoms with Crippen LogP contribution >= 0.6 is 0 Å². The van der Waals surface area contributed by atoms with Gasteiger partial charge in [0.2, 0.25) is 0 Å². The van der Waals surface area contributed by atoms with Gasteiger partial charge in [0, 0.05) is 44.1 Å². The Bertz CT molecular complexity index is 1020. The molecule has 1 aromatic carbocycles. The fraction of sp³-hybridized carbons (Fsp3) is 0.348. The molecule has 0 saturated carbocycles. The number of nitrogens with zero attached hydrogens (tertiary/aromatic N) is 3. The molecule has 4 rings (SSSR count). The number of piperidine rings is 1. The van der Waals surface area contributed by atoms with Gasteiger partial charge < -0.3 is 14.5 Å². The Morgan fingerprint density at radius 2 is 2.07 bits per heavy atom. The topological polar surface area (TPSA) is 71.0 Å². The van der Waals surface area contributed by atoms with Crippen LogP contribution in [0.4, 0.5) is 0 Å². The maximum Gasteiger partial charge on any atom is 0.263 e. The van der Waals surface area contributed by atoms with E-state index in [-0.39, 0.29) is 17.4 Å². The molecule has 1 amide bonds. The van der Waals surface area contributed by atoms with E-state index >= 15 is 0 Å². The van der Waals surface area contributed by atoms with Gasteiger partial charge in [0.25, 0.3) is 11.5 Å². The number of pyridine rings is 1. The van der Waals surface area contributed by atoms with Gasteiger partial charge in [0.1, 0.15) is 11.4 Å². The minimum atomic E-state index is -0.203. The monoisotopic (exact) mass is 390 g/mol. The third-order valence-electron chi connectivity index (χ3n) is 5.69. The molecule has 1 aliphatic rings. The lowest BCUT2D eigenvalue weighted by atomic mass is 9.96. The first-order valence-corrected chi connectivity index (χ1v) is 10.2. The summed E-state index contributed by atoms with van der Waals surface area (Å²) in [6.07, 6.45) is 7.99. The molecule has 29 heavy (non-hydrogen) atoms. The molecular weight excluding hydrogens is 364 g/mol. The molecule has 1 N–H and O–H groups in total. The Labute approximate surface area is 170 Å². The van der Waals surface area contributed by atoms with E-state index in [1.165, 1.54) is 5.56 Å². The molecule has 1 atom stereocenters. The molecular formula is C23H26N4O2. The molecule has 3 aromatic rings. The molecule has 2 aromatic heterocycles. The summed E-state index contributed by atoms with van der Waals surface area (Å²) in [5.41, 5.74) is 1.99. The molecule has 150 valence electrons. The molecule has 1 fully saturated rings. The highest BCUT2D eigenvalue weighted by molar-refractivity contribution is 5.95. The summed E-state index contributed by atoms with van der Waals surface area (Å²) in [6, 6.07) is 11.9. The van der Waals surface area contributed by atoms with Crippen LogP contribution in [0.15, 0.2) is 59.8 Å². The first-order valence-electron chi connectivity index (χ1n) is 10.2. The quantitative estimate of drug-likeness (QED) is 0.728. The Morgan fingerprint density at radius 1 is 1.24 bits per heavy atom. The number of aromatic amines is 1. The number of H-pyrrole nitrogens is 1. The summed E-state index contributed by atoms with van der Waals surface area (Å²) in [5, 5.41) is 0. The van der Waals surface area contributed by atoms with E-state index in [0.29, 0.717) is 25.2 Å². The van der Waals surface area contributed by atoms with E-state index in [4.69, 9.17) is 0 Å². The van der Waals surface area contributed by atoms with E-state index in [9.17, 15) is 9.59 Å². The second-order valence-corrected chi connectivity index (χ2v) is 7.67. The van der Waals surface area contributed by atoms with Gasteiger partial charge in [-0.1, -0.05) is 30.3 Å². The second-order valence-electron chi connectivity index (χ2n) is 7.67. The van der Waals surface area contributed by atoms with Crippen molar-refractivity contribution in [2.45, 2.75) is 38.6 Å². The zero-order valence-corrected chi connectivity index (χ0v) is 16.7. The van der Waals surface area contributed by atoms with Gasteiger partial charge in [-0.2, -0.15) is 0 Å². The van der Waals surface area contributed by atoms with Crippen LogP contribution < -0.4 is 5.56 Å². The molecule has 0 aliphatic carbocycles. The smallest absolute Gasteiger partial charge is 0.263 e. The first kappa shape index (κ1) is 19.2. The van der Waals surface area contributed by atoms with Gasteiger partial charge in [0.05, 0.1) is 0 Å². The van der Waals surface area contributed by atoms with Crippen molar-refractivity contribution < 1.29 is 4.79 Å². The van der Waals surface area contributed by atoms with E-state index in [0.717, 1.165) is 30.7 Å². The largest absolute Gasteiger partial charge is 0.348 e. The summed E-state index contributed by atoms with van der Waals surface area (Å²) in [4.78, 5) is 35.7. The predicted molar refractivity (Wildman–Crippen MR) is 112 cm³/mol. The van der Waals surface area contributed by atoms with Crippen LogP contribution in [-0.2, 0) is 13.0 Å². The molecule has 1 aliphatic heterocycles. The summed E-state index contributed by atoms with van der Waals surface area (Å²) >= 11 is 0. The maximum atomic E-state index is 13.3. The molecule has 1 unspecified atom stereocenters. The number of aromatic nitrogens is 3. The number of nitrogens with one attached hydrogen (secondary N) is 1. The predicted octanol–water partition coefficient (Wildman–Crippen LogP) is 3.14. The number of carbonyl (C=O) groups is 1. The van der Waals surface area contributed by atoms with Gasteiger partial charge in [-0.3, -0.25) is 9.59 Å². The molecule has 6 nitrogen and oxygen atoms in total. The second kappa shape index (κ2) is 8.47. The summed E-state index contributed by atoms with van der Waals surface area (Å²) in [6.45, 7) is 3.65. The number of aryl methyl sites for hydroxylation is 3.